The van der Waals surface area contributed by atoms with Crippen LogP contribution in [0.25, 0.3) is 11.2 Å². The SMILES string of the molecule is CC(C)(C)OC(=O)N1CCCC(Cn2cnc3c(NCc4ccccc4)nc(Nc4ccc(N5CCOCC5)cc4)nc32)C1. The molecule has 11 heteroatoms. The third kappa shape index (κ3) is 7.39. The van der Waals surface area contributed by atoms with Gasteiger partial charge in [0.2, 0.25) is 5.95 Å². The molecule has 2 aromatic carbocycles. The summed E-state index contributed by atoms with van der Waals surface area (Å²) >= 11 is 0. The zero-order chi connectivity index (χ0) is 30.5. The Labute approximate surface area is 258 Å². The van der Waals surface area contributed by atoms with Crippen molar-refractivity contribution < 1.29 is 14.3 Å². The zero-order valence-corrected chi connectivity index (χ0v) is 25.8. The minimum Gasteiger partial charge on any atom is -0.444 e. The lowest BCUT2D eigenvalue weighted by Gasteiger charge is -2.34. The summed E-state index contributed by atoms with van der Waals surface area (Å²) < 4.78 is 13.2. The number of nitrogens with one attached hydrogen (secondary N) is 2. The summed E-state index contributed by atoms with van der Waals surface area (Å²) in [6.07, 6.45) is 3.53. The van der Waals surface area contributed by atoms with Crippen LogP contribution in [0.2, 0.25) is 0 Å². The molecule has 2 aliphatic heterocycles. The maximum atomic E-state index is 12.8. The minimum atomic E-state index is -0.517. The van der Waals surface area contributed by atoms with Crippen LogP contribution in [-0.4, -0.2) is 75.5 Å². The van der Waals surface area contributed by atoms with Gasteiger partial charge >= 0.3 is 6.09 Å². The molecular weight excluding hydrogens is 556 g/mol. The van der Waals surface area contributed by atoms with Gasteiger partial charge in [-0.15, -0.1) is 0 Å². The van der Waals surface area contributed by atoms with Crippen molar-refractivity contribution in [2.24, 2.45) is 5.92 Å². The van der Waals surface area contributed by atoms with Gasteiger partial charge in [-0.05, 0) is 69.4 Å². The maximum absolute atomic E-state index is 12.8. The maximum Gasteiger partial charge on any atom is 0.410 e. The van der Waals surface area contributed by atoms with Crippen molar-refractivity contribution in [1.82, 2.24) is 24.4 Å². The molecule has 0 aliphatic carbocycles. The van der Waals surface area contributed by atoms with Gasteiger partial charge in [0, 0.05) is 50.6 Å². The first-order valence-electron chi connectivity index (χ1n) is 15.5. The number of benzene rings is 2. The van der Waals surface area contributed by atoms with E-state index in [1.165, 1.54) is 5.69 Å². The van der Waals surface area contributed by atoms with Gasteiger partial charge in [-0.3, -0.25) is 0 Å². The van der Waals surface area contributed by atoms with Crippen LogP contribution < -0.4 is 15.5 Å². The van der Waals surface area contributed by atoms with Gasteiger partial charge in [-0.1, -0.05) is 30.3 Å². The number of morpholine rings is 1. The van der Waals surface area contributed by atoms with E-state index >= 15 is 0 Å². The van der Waals surface area contributed by atoms with Crippen LogP contribution in [-0.2, 0) is 22.6 Å². The topological polar surface area (TPSA) is 110 Å². The molecule has 232 valence electrons. The molecule has 4 aromatic rings. The molecule has 11 nitrogen and oxygen atoms in total. The third-order valence-corrected chi connectivity index (χ3v) is 7.89. The van der Waals surface area contributed by atoms with Crippen LogP contribution >= 0.6 is 0 Å². The molecule has 2 saturated heterocycles. The average Bonchev–Trinajstić information content (AvgIpc) is 3.43. The fourth-order valence-electron chi connectivity index (χ4n) is 5.73. The van der Waals surface area contributed by atoms with Crippen LogP contribution in [0, 0.1) is 5.92 Å². The fraction of sp³-hybridized carbons (Fsp3) is 0.455. The van der Waals surface area contributed by atoms with E-state index in [1.807, 2.05) is 50.2 Å². The summed E-state index contributed by atoms with van der Waals surface area (Å²) in [7, 11) is 0. The molecule has 1 unspecified atom stereocenters. The summed E-state index contributed by atoms with van der Waals surface area (Å²) in [5.41, 5.74) is 4.17. The van der Waals surface area contributed by atoms with Crippen molar-refractivity contribution in [3.8, 4) is 0 Å². The van der Waals surface area contributed by atoms with Crippen LogP contribution in [0.3, 0.4) is 0 Å². The van der Waals surface area contributed by atoms with Gasteiger partial charge in [0.05, 0.1) is 19.5 Å². The normalized spacial score (nSPS) is 17.5. The van der Waals surface area contributed by atoms with E-state index in [0.717, 1.165) is 56.0 Å². The van der Waals surface area contributed by atoms with Crippen molar-refractivity contribution in [3.63, 3.8) is 0 Å². The molecule has 0 bridgehead atoms. The van der Waals surface area contributed by atoms with E-state index in [0.29, 0.717) is 43.5 Å². The molecule has 0 spiro atoms. The Morgan fingerprint density at radius 2 is 1.80 bits per heavy atom. The van der Waals surface area contributed by atoms with Gasteiger partial charge in [-0.25, -0.2) is 9.78 Å². The van der Waals surface area contributed by atoms with Crippen LogP contribution in [0.1, 0.15) is 39.2 Å². The number of carbonyl (C=O) groups is 1. The number of rotatable bonds is 8. The fourth-order valence-corrected chi connectivity index (χ4v) is 5.73. The molecule has 1 amide bonds. The second kappa shape index (κ2) is 13.1. The number of fused-ring (bicyclic) bond motifs is 1. The number of likely N-dealkylation sites (tertiary alicyclic amines) is 1. The Morgan fingerprint density at radius 3 is 2.55 bits per heavy atom. The smallest absolute Gasteiger partial charge is 0.410 e. The number of amides is 1. The Bertz CT molecular complexity index is 1550. The van der Waals surface area contributed by atoms with Crippen molar-refractivity contribution in [1.29, 1.82) is 0 Å². The molecule has 6 rings (SSSR count). The van der Waals surface area contributed by atoms with Gasteiger partial charge in [0.1, 0.15) is 5.60 Å². The lowest BCUT2D eigenvalue weighted by atomic mass is 9.98. The number of nitrogens with zero attached hydrogens (tertiary/aromatic N) is 6. The number of hydrogen-bond donors (Lipinski definition) is 2. The summed E-state index contributed by atoms with van der Waals surface area (Å²) in [5, 5.41) is 6.90. The highest BCUT2D eigenvalue weighted by Crippen LogP contribution is 2.27. The molecule has 2 aromatic heterocycles. The number of carbonyl (C=O) groups excluding carboxylic acids is 1. The number of hydrogen-bond acceptors (Lipinski definition) is 9. The molecule has 4 heterocycles. The molecule has 2 aliphatic rings. The zero-order valence-electron chi connectivity index (χ0n) is 25.8. The van der Waals surface area contributed by atoms with E-state index in [4.69, 9.17) is 24.4 Å². The molecule has 2 fully saturated rings. The van der Waals surface area contributed by atoms with E-state index in [9.17, 15) is 4.79 Å². The largest absolute Gasteiger partial charge is 0.444 e. The Morgan fingerprint density at radius 1 is 1.02 bits per heavy atom. The summed E-state index contributed by atoms with van der Waals surface area (Å²) in [6, 6.07) is 18.6. The molecule has 44 heavy (non-hydrogen) atoms. The number of ether oxygens (including phenoxy) is 2. The molecule has 0 saturated carbocycles. The van der Waals surface area contributed by atoms with Crippen LogP contribution in [0.5, 0.6) is 0 Å². The highest BCUT2D eigenvalue weighted by molar-refractivity contribution is 5.84. The number of aromatic nitrogens is 4. The van der Waals surface area contributed by atoms with Crippen LogP contribution in [0.4, 0.5) is 27.9 Å². The van der Waals surface area contributed by atoms with Crippen molar-refractivity contribution in [2.45, 2.75) is 52.3 Å². The van der Waals surface area contributed by atoms with E-state index in [-0.39, 0.29) is 12.0 Å². The molecule has 2 N–H and O–H groups in total. The number of imidazole rings is 1. The number of anilines is 4. The first-order valence-corrected chi connectivity index (χ1v) is 15.5. The van der Waals surface area contributed by atoms with E-state index < -0.39 is 5.60 Å². The number of piperidine rings is 1. The second-order valence-corrected chi connectivity index (χ2v) is 12.5. The van der Waals surface area contributed by atoms with E-state index in [2.05, 4.69) is 56.5 Å². The molecular formula is C33H42N8O3. The third-order valence-electron chi connectivity index (χ3n) is 7.89. The lowest BCUT2D eigenvalue weighted by molar-refractivity contribution is 0.0157. The van der Waals surface area contributed by atoms with Gasteiger partial charge < -0.3 is 34.5 Å². The van der Waals surface area contributed by atoms with Gasteiger partial charge in [0.25, 0.3) is 0 Å². The van der Waals surface area contributed by atoms with Crippen molar-refractivity contribution >= 4 is 40.4 Å². The quantitative estimate of drug-likeness (QED) is 0.265. The average molecular weight is 599 g/mol. The monoisotopic (exact) mass is 598 g/mol. The summed E-state index contributed by atoms with van der Waals surface area (Å²) in [5.74, 6) is 1.42. The first kappa shape index (κ1) is 29.7. The van der Waals surface area contributed by atoms with Gasteiger partial charge in [-0.2, -0.15) is 9.97 Å². The Balaban J connectivity index is 1.23. The predicted molar refractivity (Wildman–Crippen MR) is 172 cm³/mol. The van der Waals surface area contributed by atoms with E-state index in [1.54, 1.807) is 0 Å². The van der Waals surface area contributed by atoms with Crippen LogP contribution in [0.15, 0.2) is 60.9 Å². The predicted octanol–water partition coefficient (Wildman–Crippen LogP) is 5.67. The Kier molecular flexibility index (Phi) is 8.83. The summed E-state index contributed by atoms with van der Waals surface area (Å²) in [6.45, 7) is 11.6. The highest BCUT2D eigenvalue weighted by atomic mass is 16.6. The van der Waals surface area contributed by atoms with Crippen molar-refractivity contribution in [2.75, 3.05) is 54.9 Å². The standard InChI is InChI=1S/C33H42N8O3/c1-33(2,3)44-32(42)40-15-7-10-25(21-40)22-41-23-35-28-29(34-20-24-8-5-4-6-9-24)37-31(38-30(28)41)36-26-11-13-27(14-12-26)39-16-18-43-19-17-39/h4-6,8-9,11-14,23,25H,7,10,15-22H2,1-3H3,(H2,34,36,37,38). The minimum absolute atomic E-state index is 0.251. The lowest BCUT2D eigenvalue weighted by Crippen LogP contribution is -2.43. The van der Waals surface area contributed by atoms with Gasteiger partial charge in [0.15, 0.2) is 17.0 Å². The van der Waals surface area contributed by atoms with Crippen molar-refractivity contribution in [3.05, 3.63) is 66.5 Å². The Hall–Kier alpha value is -4.38. The molecule has 0 radical (unpaired) electrons. The highest BCUT2D eigenvalue weighted by Gasteiger charge is 2.28. The molecule has 1 atom stereocenters. The second-order valence-electron chi connectivity index (χ2n) is 12.5. The first-order chi connectivity index (χ1) is 21.3. The summed E-state index contributed by atoms with van der Waals surface area (Å²) in [4.78, 5) is 31.4.